The summed E-state index contributed by atoms with van der Waals surface area (Å²) in [5.74, 6) is -0.266. The largest absolute Gasteiger partial charge is 0.345 e. The number of nitrogens with one attached hydrogen (secondary N) is 2. The maximum Gasteiger partial charge on any atom is 0.345 e. The van der Waals surface area contributed by atoms with Crippen LogP contribution in [0, 0.1) is 5.82 Å². The molecule has 11 nitrogen and oxygen atoms in total. The van der Waals surface area contributed by atoms with Gasteiger partial charge >= 0.3 is 12.1 Å². The monoisotopic (exact) mass is 566 g/mol. The fourth-order valence-corrected chi connectivity index (χ4v) is 5.02. The fourth-order valence-electron chi connectivity index (χ4n) is 5.02. The van der Waals surface area contributed by atoms with E-state index >= 15 is 0 Å². The molecule has 2 saturated heterocycles. The number of hydrogen-bond acceptors (Lipinski definition) is 6. The predicted molar refractivity (Wildman–Crippen MR) is 150 cm³/mol. The first-order valence-electron chi connectivity index (χ1n) is 13.3. The zero-order valence-corrected chi connectivity index (χ0v) is 23.4. The van der Waals surface area contributed by atoms with Gasteiger partial charge in [0.15, 0.2) is 0 Å². The van der Waals surface area contributed by atoms with Crippen LogP contribution in [0.25, 0.3) is 0 Å². The van der Waals surface area contributed by atoms with Crippen molar-refractivity contribution in [3.63, 3.8) is 0 Å². The number of nitrogens with two attached hydrogens (primary N) is 2. The van der Waals surface area contributed by atoms with Crippen molar-refractivity contribution in [2.45, 2.75) is 70.1 Å². The lowest BCUT2D eigenvalue weighted by atomic mass is 9.92. The number of hydrogen-bond donors (Lipinski definition) is 4. The summed E-state index contributed by atoms with van der Waals surface area (Å²) in [5.41, 5.74) is 11.9. The van der Waals surface area contributed by atoms with Crippen LogP contribution in [0.5, 0.6) is 0 Å². The minimum absolute atomic E-state index is 0. The Balaban J connectivity index is 0.00000420. The Hall–Kier alpha value is -2.80. The van der Waals surface area contributed by atoms with Gasteiger partial charge in [-0.2, -0.15) is 4.99 Å². The van der Waals surface area contributed by atoms with Gasteiger partial charge in [-0.1, -0.05) is 6.07 Å². The molecule has 3 aliphatic rings. The highest BCUT2D eigenvalue weighted by Gasteiger charge is 2.32. The summed E-state index contributed by atoms with van der Waals surface area (Å²) >= 11 is 0. The molecular weight excluding hydrogens is 527 g/mol. The third kappa shape index (κ3) is 7.87. The lowest BCUT2D eigenvalue weighted by molar-refractivity contribution is -0.137. The van der Waals surface area contributed by atoms with Crippen LogP contribution in [0.15, 0.2) is 23.2 Å². The van der Waals surface area contributed by atoms with Gasteiger partial charge < -0.3 is 26.6 Å². The normalized spacial score (nSPS) is 23.4. The van der Waals surface area contributed by atoms with E-state index in [9.17, 15) is 18.8 Å². The number of nitrogens with zero attached hydrogens (tertiary/aromatic N) is 4. The highest BCUT2D eigenvalue weighted by Crippen LogP contribution is 2.22. The lowest BCUT2D eigenvalue weighted by Gasteiger charge is -2.37. The number of rotatable bonds is 5. The second-order valence-corrected chi connectivity index (χ2v) is 10.9. The van der Waals surface area contributed by atoms with Crippen LogP contribution in [0.3, 0.4) is 0 Å². The molecule has 1 saturated carbocycles. The van der Waals surface area contributed by atoms with Gasteiger partial charge in [-0.15, -0.1) is 12.4 Å². The Kier molecular flexibility index (Phi) is 10.3. The van der Waals surface area contributed by atoms with Crippen LogP contribution in [-0.2, 0) is 11.3 Å². The van der Waals surface area contributed by atoms with Crippen molar-refractivity contribution in [2.24, 2.45) is 16.5 Å². The number of amidine groups is 1. The number of benzene rings is 1. The molecule has 0 unspecified atom stereocenters. The van der Waals surface area contributed by atoms with Crippen LogP contribution in [-0.4, -0.2) is 84.0 Å². The van der Waals surface area contributed by atoms with Crippen molar-refractivity contribution in [3.8, 4) is 0 Å². The van der Waals surface area contributed by atoms with Gasteiger partial charge in [-0.3, -0.25) is 15.0 Å². The maximum atomic E-state index is 14.8. The molecule has 1 aromatic rings. The Morgan fingerprint density at radius 3 is 2.33 bits per heavy atom. The van der Waals surface area contributed by atoms with Crippen molar-refractivity contribution in [2.75, 3.05) is 37.6 Å². The highest BCUT2D eigenvalue weighted by molar-refractivity contribution is 6.10. The smallest absolute Gasteiger partial charge is 0.338 e. The number of urea groups is 2. The molecule has 4 rings (SSSR count). The summed E-state index contributed by atoms with van der Waals surface area (Å²) in [6, 6.07) is 4.47. The first-order valence-corrected chi connectivity index (χ1v) is 13.3. The van der Waals surface area contributed by atoms with E-state index in [-0.39, 0.29) is 42.6 Å². The summed E-state index contributed by atoms with van der Waals surface area (Å²) in [7, 11) is 0. The molecule has 0 radical (unpaired) electrons. The molecule has 2 aliphatic heterocycles. The second-order valence-electron chi connectivity index (χ2n) is 10.9. The molecule has 0 bridgehead atoms. The van der Waals surface area contributed by atoms with Crippen LogP contribution in [0.2, 0.25) is 0 Å². The molecule has 2 heterocycles. The SMILES string of the molecule is CC(C)(N)C(=O)N1CCN(C(=O)/N=C2\CCN(c3ccc(CNC4CCC(N)CC4)c(F)c3)C(=O)N2)CC1.Cl. The summed E-state index contributed by atoms with van der Waals surface area (Å²) < 4.78 is 14.8. The number of anilines is 1. The number of aliphatic imine (C=N–C) groups is 1. The van der Waals surface area contributed by atoms with Gasteiger partial charge in [-0.25, -0.2) is 14.0 Å². The molecule has 3 fully saturated rings. The zero-order valence-electron chi connectivity index (χ0n) is 22.6. The van der Waals surface area contributed by atoms with Crippen LogP contribution in [0.1, 0.15) is 51.5 Å². The minimum Gasteiger partial charge on any atom is -0.338 e. The van der Waals surface area contributed by atoms with Crippen LogP contribution >= 0.6 is 12.4 Å². The third-order valence-electron chi connectivity index (χ3n) is 7.39. The molecule has 0 atom stereocenters. The maximum absolute atomic E-state index is 14.8. The molecule has 5 amide bonds. The standard InChI is InChI=1S/C26H39FN8O3.ClH/c1-26(2,29)23(36)33-11-13-34(14-12-33)24(37)31-22-9-10-35(25(38)32-22)20-8-3-17(21(27)15-20)16-30-19-6-4-18(28)5-7-19;/h3,8,15,18-19,30H,4-7,9-14,16,28-29H2,1-2H3,(H,31,32,37,38);1H. The van der Waals surface area contributed by atoms with Crippen molar-refractivity contribution >= 4 is 41.9 Å². The van der Waals surface area contributed by atoms with E-state index in [1.807, 2.05) is 0 Å². The van der Waals surface area contributed by atoms with Gasteiger partial charge in [0, 0.05) is 69.0 Å². The molecule has 1 aliphatic carbocycles. The molecule has 1 aromatic carbocycles. The van der Waals surface area contributed by atoms with Crippen molar-refractivity contribution in [3.05, 3.63) is 29.6 Å². The van der Waals surface area contributed by atoms with E-state index < -0.39 is 17.6 Å². The molecule has 13 heteroatoms. The Bertz CT molecular complexity index is 1080. The van der Waals surface area contributed by atoms with Gasteiger partial charge in [0.1, 0.15) is 11.7 Å². The number of carbonyl (C=O) groups is 3. The van der Waals surface area contributed by atoms with Gasteiger partial charge in [0.2, 0.25) is 5.91 Å². The summed E-state index contributed by atoms with van der Waals surface area (Å²) in [6.45, 7) is 5.43. The molecule has 0 spiro atoms. The molecule has 6 N–H and O–H groups in total. The van der Waals surface area contributed by atoms with E-state index in [0.29, 0.717) is 56.4 Å². The van der Waals surface area contributed by atoms with E-state index in [1.54, 1.807) is 35.8 Å². The summed E-state index contributed by atoms with van der Waals surface area (Å²) in [4.78, 5) is 46.4. The van der Waals surface area contributed by atoms with E-state index in [4.69, 9.17) is 11.5 Å². The Labute approximate surface area is 234 Å². The Morgan fingerprint density at radius 2 is 1.74 bits per heavy atom. The van der Waals surface area contributed by atoms with Crippen molar-refractivity contribution in [1.29, 1.82) is 0 Å². The van der Waals surface area contributed by atoms with Crippen LogP contribution < -0.4 is 27.0 Å². The molecule has 39 heavy (non-hydrogen) atoms. The third-order valence-corrected chi connectivity index (χ3v) is 7.39. The average molecular weight is 567 g/mol. The van der Waals surface area contributed by atoms with Gasteiger partial charge in [0.05, 0.1) is 5.54 Å². The summed E-state index contributed by atoms with van der Waals surface area (Å²) in [5, 5.41) is 6.06. The number of piperazine rings is 1. The molecule has 0 aromatic heterocycles. The highest BCUT2D eigenvalue weighted by atomic mass is 35.5. The van der Waals surface area contributed by atoms with E-state index in [1.165, 1.54) is 11.0 Å². The van der Waals surface area contributed by atoms with E-state index in [0.717, 1.165) is 25.7 Å². The van der Waals surface area contributed by atoms with E-state index in [2.05, 4.69) is 15.6 Å². The lowest BCUT2D eigenvalue weighted by Crippen LogP contribution is -2.57. The first kappa shape index (κ1) is 30.7. The second kappa shape index (κ2) is 13.0. The number of carbonyl (C=O) groups excluding carboxylic acids is 3. The number of amides is 5. The van der Waals surface area contributed by atoms with Crippen molar-refractivity contribution in [1.82, 2.24) is 20.4 Å². The quantitative estimate of drug-likeness (QED) is 0.428. The Morgan fingerprint density at radius 1 is 1.10 bits per heavy atom. The zero-order chi connectivity index (χ0) is 27.4. The average Bonchev–Trinajstić information content (AvgIpc) is 2.88. The first-order chi connectivity index (χ1) is 18.0. The minimum atomic E-state index is -0.963. The molecule has 216 valence electrons. The topological polar surface area (TPSA) is 149 Å². The fraction of sp³-hybridized carbons (Fsp3) is 0.615. The van der Waals surface area contributed by atoms with Crippen molar-refractivity contribution < 1.29 is 18.8 Å². The predicted octanol–water partition coefficient (Wildman–Crippen LogP) is 1.93. The number of halogens is 2. The van der Waals surface area contributed by atoms with Crippen LogP contribution in [0.4, 0.5) is 19.7 Å². The summed E-state index contributed by atoms with van der Waals surface area (Å²) in [6.07, 6.45) is 4.26. The van der Waals surface area contributed by atoms with Gasteiger partial charge in [0.25, 0.3) is 0 Å². The molecular formula is C26H40ClFN8O3. The van der Waals surface area contributed by atoms with Gasteiger partial charge in [-0.05, 0) is 51.7 Å².